The van der Waals surface area contributed by atoms with E-state index in [-0.39, 0.29) is 42.2 Å². The molecule has 2 saturated heterocycles. The summed E-state index contributed by atoms with van der Waals surface area (Å²) in [6, 6.07) is 16.0. The van der Waals surface area contributed by atoms with Crippen molar-refractivity contribution in [3.05, 3.63) is 102 Å². The van der Waals surface area contributed by atoms with E-state index in [1.165, 1.54) is 0 Å². The zero-order valence-corrected chi connectivity index (χ0v) is 32.6. The summed E-state index contributed by atoms with van der Waals surface area (Å²) in [5.74, 6) is -0.414. The number of furan rings is 1. The fourth-order valence-electron chi connectivity index (χ4n) is 7.99. The number of nitrogens with one attached hydrogen (secondary N) is 2. The Labute approximate surface area is 340 Å². The molecule has 3 aliphatic heterocycles. The standard InChI is InChI=1S/C43H45N9O7/c53-37(17-8-28-7-14-32-33(25-28)43(58)52(42(32)57)35-15-18-38(54)47-41(35)56)44-19-3-1-2-6-39(55)50-22-20-49(21-23-50)30-11-9-29(10-12-30)34-26-45-36(51-27-46-48-40(34)51)16-13-31-5-4-24-59-31/h4-5,7,9-12,14,24-27,35H,1-3,6,8,13,15-23H2,(H,44,53)(H,47,54,56). The van der Waals surface area contributed by atoms with Crippen molar-refractivity contribution in [2.24, 2.45) is 0 Å². The number of hydrogen-bond donors (Lipinski definition) is 2. The van der Waals surface area contributed by atoms with Crippen LogP contribution in [0, 0.1) is 0 Å². The van der Waals surface area contributed by atoms with Crippen LogP contribution in [0.1, 0.15) is 82.8 Å². The number of fused-ring (bicyclic) bond motifs is 2. The predicted octanol–water partition coefficient (Wildman–Crippen LogP) is 3.53. The van der Waals surface area contributed by atoms with Crippen LogP contribution in [-0.4, -0.2) is 104 Å². The van der Waals surface area contributed by atoms with Crippen LogP contribution in [0.2, 0.25) is 0 Å². The fraction of sp³-hybridized carbons (Fsp3) is 0.372. The molecule has 3 aliphatic rings. The Bertz CT molecular complexity index is 2380. The highest BCUT2D eigenvalue weighted by atomic mass is 16.3. The summed E-state index contributed by atoms with van der Waals surface area (Å²) in [6.07, 6.45) is 10.2. The van der Waals surface area contributed by atoms with Crippen molar-refractivity contribution in [2.45, 2.75) is 70.3 Å². The van der Waals surface area contributed by atoms with Gasteiger partial charge in [0.1, 0.15) is 24.0 Å². The molecule has 2 fully saturated rings. The number of piperidine rings is 1. The highest BCUT2D eigenvalue weighted by Crippen LogP contribution is 2.30. The van der Waals surface area contributed by atoms with Gasteiger partial charge in [-0.2, -0.15) is 0 Å². The summed E-state index contributed by atoms with van der Waals surface area (Å²) in [7, 11) is 0. The van der Waals surface area contributed by atoms with Crippen LogP contribution in [-0.2, 0) is 38.4 Å². The third-order valence-electron chi connectivity index (χ3n) is 11.3. The number of benzene rings is 2. The first-order chi connectivity index (χ1) is 28.7. The van der Waals surface area contributed by atoms with Gasteiger partial charge in [-0.25, -0.2) is 4.98 Å². The summed E-state index contributed by atoms with van der Waals surface area (Å²) < 4.78 is 7.40. The third kappa shape index (κ3) is 8.61. The lowest BCUT2D eigenvalue weighted by Gasteiger charge is -2.36. The normalized spacial score (nSPS) is 16.8. The highest BCUT2D eigenvalue weighted by Gasteiger charge is 2.44. The van der Waals surface area contributed by atoms with Gasteiger partial charge in [0.05, 0.1) is 17.4 Å². The Morgan fingerprint density at radius 2 is 1.66 bits per heavy atom. The van der Waals surface area contributed by atoms with Crippen LogP contribution in [0.5, 0.6) is 0 Å². The molecule has 8 rings (SSSR count). The molecular weight excluding hydrogens is 755 g/mol. The van der Waals surface area contributed by atoms with Crippen LogP contribution in [0.4, 0.5) is 5.69 Å². The second-order valence-electron chi connectivity index (χ2n) is 15.1. The molecule has 59 heavy (non-hydrogen) atoms. The Morgan fingerprint density at radius 3 is 2.44 bits per heavy atom. The van der Waals surface area contributed by atoms with Crippen LogP contribution in [0.3, 0.4) is 0 Å². The molecule has 0 saturated carbocycles. The first kappa shape index (κ1) is 39.1. The lowest BCUT2D eigenvalue weighted by molar-refractivity contribution is -0.136. The highest BCUT2D eigenvalue weighted by molar-refractivity contribution is 6.23. The first-order valence-electron chi connectivity index (χ1n) is 20.2. The number of imide groups is 2. The number of anilines is 1. The number of rotatable bonds is 15. The van der Waals surface area contributed by atoms with E-state index in [1.807, 2.05) is 27.6 Å². The van der Waals surface area contributed by atoms with Gasteiger partial charge in [-0.05, 0) is 73.2 Å². The molecule has 6 heterocycles. The molecule has 16 nitrogen and oxygen atoms in total. The molecule has 6 amide bonds. The van der Waals surface area contributed by atoms with Crippen molar-refractivity contribution in [2.75, 3.05) is 37.6 Å². The maximum atomic E-state index is 13.1. The SMILES string of the molecule is O=C(CCc1ccc2c(c1)C(=O)N(C1CCC(=O)NC1=O)C2=O)NCCCCCC(=O)N1CCN(c2ccc(-c3cnc(CCc4ccco4)n4cnnc34)cc2)CC1. The van der Waals surface area contributed by atoms with Gasteiger partial charge in [-0.3, -0.25) is 43.4 Å². The number of hydrogen-bond acceptors (Lipinski definition) is 11. The molecule has 1 unspecified atom stereocenters. The lowest BCUT2D eigenvalue weighted by atomic mass is 10.0. The van der Waals surface area contributed by atoms with Crippen molar-refractivity contribution in [3.63, 3.8) is 0 Å². The van der Waals surface area contributed by atoms with Gasteiger partial charge < -0.3 is 19.5 Å². The van der Waals surface area contributed by atoms with Crippen LogP contribution in [0.15, 0.2) is 77.8 Å². The summed E-state index contributed by atoms with van der Waals surface area (Å²) in [4.78, 5) is 85.3. The number of aryl methyl sites for hydroxylation is 3. The molecule has 0 spiro atoms. The minimum Gasteiger partial charge on any atom is -0.469 e. The number of aromatic nitrogens is 4. The first-order valence-corrected chi connectivity index (χ1v) is 20.2. The average molecular weight is 800 g/mol. The molecule has 1 atom stereocenters. The van der Waals surface area contributed by atoms with E-state index in [0.29, 0.717) is 38.9 Å². The van der Waals surface area contributed by atoms with Gasteiger partial charge >= 0.3 is 0 Å². The molecular formula is C43H45N9O7. The van der Waals surface area contributed by atoms with E-state index >= 15 is 0 Å². The summed E-state index contributed by atoms with van der Waals surface area (Å²) >= 11 is 0. The minimum absolute atomic E-state index is 0.0546. The number of amides is 6. The van der Waals surface area contributed by atoms with Crippen LogP contribution < -0.4 is 15.5 Å². The molecule has 304 valence electrons. The number of piperazine rings is 1. The number of unbranched alkanes of at least 4 members (excludes halogenated alkanes) is 2. The maximum absolute atomic E-state index is 13.1. The van der Waals surface area contributed by atoms with Crippen LogP contribution >= 0.6 is 0 Å². The van der Waals surface area contributed by atoms with Crippen molar-refractivity contribution in [1.82, 2.24) is 40.0 Å². The summed E-state index contributed by atoms with van der Waals surface area (Å²) in [6.45, 7) is 3.32. The van der Waals surface area contributed by atoms with Crippen molar-refractivity contribution in [3.8, 4) is 11.1 Å². The Morgan fingerprint density at radius 1 is 0.847 bits per heavy atom. The molecule has 3 aromatic heterocycles. The second kappa shape index (κ2) is 17.4. The molecule has 0 bridgehead atoms. The molecule has 0 aliphatic carbocycles. The van der Waals surface area contributed by atoms with Gasteiger partial charge in [-0.15, -0.1) is 10.2 Å². The smallest absolute Gasteiger partial charge is 0.262 e. The maximum Gasteiger partial charge on any atom is 0.262 e. The van der Waals surface area contributed by atoms with E-state index in [1.54, 1.807) is 30.8 Å². The van der Waals surface area contributed by atoms with Gasteiger partial charge in [0.25, 0.3) is 11.8 Å². The Balaban J connectivity index is 0.718. The van der Waals surface area contributed by atoms with E-state index in [4.69, 9.17) is 9.40 Å². The fourth-order valence-corrected chi connectivity index (χ4v) is 7.99. The van der Waals surface area contributed by atoms with Crippen LogP contribution in [0.25, 0.3) is 16.8 Å². The molecule has 5 aromatic rings. The second-order valence-corrected chi connectivity index (χ2v) is 15.1. The van der Waals surface area contributed by atoms with Gasteiger partial charge in [0.2, 0.25) is 23.6 Å². The Hall–Kier alpha value is -6.71. The number of carbonyl (C=O) groups is 6. The molecule has 2 aromatic carbocycles. The largest absolute Gasteiger partial charge is 0.469 e. The molecule has 0 radical (unpaired) electrons. The van der Waals surface area contributed by atoms with E-state index in [0.717, 1.165) is 83.3 Å². The van der Waals surface area contributed by atoms with Crippen molar-refractivity contribution in [1.29, 1.82) is 0 Å². The van der Waals surface area contributed by atoms with Gasteiger partial charge in [0.15, 0.2) is 5.65 Å². The molecule has 16 heteroatoms. The monoisotopic (exact) mass is 799 g/mol. The van der Waals surface area contributed by atoms with Crippen molar-refractivity contribution < 1.29 is 33.2 Å². The van der Waals surface area contributed by atoms with Gasteiger partial charge in [0, 0.05) is 82.3 Å². The summed E-state index contributed by atoms with van der Waals surface area (Å²) in [5, 5.41) is 13.6. The topological polar surface area (TPSA) is 192 Å². The van der Waals surface area contributed by atoms with E-state index in [2.05, 4.69) is 50.0 Å². The number of carbonyl (C=O) groups excluding carboxylic acids is 6. The van der Waals surface area contributed by atoms with E-state index < -0.39 is 29.7 Å². The summed E-state index contributed by atoms with van der Waals surface area (Å²) in [5.41, 5.74) is 4.89. The minimum atomic E-state index is -1.02. The number of nitrogens with zero attached hydrogens (tertiary/aromatic N) is 7. The Kier molecular flexibility index (Phi) is 11.6. The zero-order valence-electron chi connectivity index (χ0n) is 32.6. The molecule has 2 N–H and O–H groups in total. The quantitative estimate of drug-likeness (QED) is 0.116. The van der Waals surface area contributed by atoms with Crippen molar-refractivity contribution >= 4 is 46.8 Å². The van der Waals surface area contributed by atoms with E-state index in [9.17, 15) is 28.8 Å². The zero-order chi connectivity index (χ0) is 40.9. The third-order valence-corrected chi connectivity index (χ3v) is 11.3. The lowest BCUT2D eigenvalue weighted by Crippen LogP contribution is -2.54. The van der Waals surface area contributed by atoms with Gasteiger partial charge in [-0.1, -0.05) is 24.6 Å². The predicted molar refractivity (Wildman–Crippen MR) is 214 cm³/mol. The average Bonchev–Trinajstić information content (AvgIpc) is 4.02.